The first-order chi connectivity index (χ1) is 12.9. The Morgan fingerprint density at radius 2 is 2.07 bits per heavy atom. The van der Waals surface area contributed by atoms with Gasteiger partial charge in [-0.2, -0.15) is 8.78 Å². The molecule has 1 amide bonds. The van der Waals surface area contributed by atoms with Crippen molar-refractivity contribution in [1.29, 1.82) is 0 Å². The minimum Gasteiger partial charge on any atom is -0.468 e. The fraction of sp³-hybridized carbons (Fsp3) is 0.611. The van der Waals surface area contributed by atoms with Crippen LogP contribution in [0.4, 0.5) is 13.6 Å². The summed E-state index contributed by atoms with van der Waals surface area (Å²) in [6.45, 7) is 5.26. The summed E-state index contributed by atoms with van der Waals surface area (Å²) in [6.07, 6.45) is 1.44. The van der Waals surface area contributed by atoms with Gasteiger partial charge in [0.15, 0.2) is 6.10 Å². The molecule has 2 rings (SSSR count). The summed E-state index contributed by atoms with van der Waals surface area (Å²) in [5, 5.41) is 2.85. The number of thiocarbonyl (C=S) groups is 1. The first-order valence-electron chi connectivity index (χ1n) is 8.66. The Morgan fingerprint density at radius 1 is 1.43 bits per heavy atom. The number of amides is 1. The molecule has 0 aliphatic heterocycles. The molecule has 28 heavy (non-hydrogen) atoms. The molecule has 0 radical (unpaired) electrons. The molecule has 1 saturated carbocycles. The van der Waals surface area contributed by atoms with Crippen LogP contribution in [0, 0.1) is 5.92 Å². The van der Waals surface area contributed by atoms with E-state index in [-0.39, 0.29) is 15.4 Å². The van der Waals surface area contributed by atoms with Gasteiger partial charge in [-0.3, -0.25) is 4.98 Å². The molecule has 1 N–H and O–H groups in total. The number of nitrogens with zero attached hydrogens (tertiary/aromatic N) is 1. The third-order valence-electron chi connectivity index (χ3n) is 4.13. The van der Waals surface area contributed by atoms with Crippen molar-refractivity contribution >= 4 is 46.1 Å². The fourth-order valence-corrected chi connectivity index (χ4v) is 3.32. The number of ether oxygens (including phenoxy) is 2. The summed E-state index contributed by atoms with van der Waals surface area (Å²) in [7, 11) is 0. The van der Waals surface area contributed by atoms with Crippen LogP contribution in [-0.2, 0) is 15.4 Å². The molecule has 10 heteroatoms. The molecule has 156 valence electrons. The highest BCUT2D eigenvalue weighted by atomic mass is 35.5. The Morgan fingerprint density at radius 3 is 2.61 bits per heavy atom. The molecule has 1 heterocycles. The van der Waals surface area contributed by atoms with Crippen molar-refractivity contribution in [2.24, 2.45) is 5.92 Å². The molecular weight excluding hydrogens is 430 g/mol. The lowest BCUT2D eigenvalue weighted by Crippen LogP contribution is -2.53. The Hall–Kier alpha value is -1.19. The molecule has 1 aliphatic rings. The number of pyridine rings is 1. The maximum atomic E-state index is 15.2. The van der Waals surface area contributed by atoms with Crippen molar-refractivity contribution in [2.45, 2.75) is 57.3 Å². The normalized spacial score (nSPS) is 20.7. The van der Waals surface area contributed by atoms with Crippen molar-refractivity contribution in [1.82, 2.24) is 10.3 Å². The number of alkyl halides is 2. The van der Waals surface area contributed by atoms with Gasteiger partial charge in [-0.1, -0.05) is 23.4 Å². The molecule has 0 spiro atoms. The molecule has 1 aliphatic carbocycles. The Labute approximate surface area is 177 Å². The number of halogens is 3. The van der Waals surface area contributed by atoms with Crippen LogP contribution >= 0.6 is 35.6 Å². The van der Waals surface area contributed by atoms with E-state index in [0.29, 0.717) is 12.8 Å². The average molecular weight is 453 g/mol. The Kier molecular flexibility index (Phi) is 7.50. The SMILES string of the molecule is CSC(=S)O[C@H](C1CC(NC(=O)OC(C)(C)C)C1)C(F)(F)c1cc(Cl)ccn1. The minimum atomic E-state index is -3.40. The molecule has 1 aromatic heterocycles. The number of rotatable bonds is 5. The highest BCUT2D eigenvalue weighted by molar-refractivity contribution is 8.22. The summed E-state index contributed by atoms with van der Waals surface area (Å²) < 4.78 is 40.9. The quantitative estimate of drug-likeness (QED) is 0.622. The molecule has 1 fully saturated rings. The third-order valence-corrected chi connectivity index (χ3v) is 5.40. The predicted molar refractivity (Wildman–Crippen MR) is 110 cm³/mol. The molecule has 0 bridgehead atoms. The van der Waals surface area contributed by atoms with Crippen LogP contribution in [0.25, 0.3) is 0 Å². The minimum absolute atomic E-state index is 0.0234. The van der Waals surface area contributed by atoms with Gasteiger partial charge in [0.25, 0.3) is 0 Å². The van der Waals surface area contributed by atoms with Gasteiger partial charge in [-0.05, 0) is 64.2 Å². The highest BCUT2D eigenvalue weighted by Crippen LogP contribution is 2.44. The topological polar surface area (TPSA) is 60.5 Å². The van der Waals surface area contributed by atoms with Crippen LogP contribution in [0.3, 0.4) is 0 Å². The zero-order chi connectivity index (χ0) is 21.1. The summed E-state index contributed by atoms with van der Waals surface area (Å²) in [5.74, 6) is -3.91. The molecular formula is C18H23ClF2N2O3S2. The molecule has 0 unspecified atom stereocenters. The second-order valence-corrected chi connectivity index (χ2v) is 9.39. The number of hydrogen-bond donors (Lipinski definition) is 1. The number of carbonyl (C=O) groups excluding carboxylic acids is 1. The number of carbonyl (C=O) groups is 1. The lowest BCUT2D eigenvalue weighted by atomic mass is 9.74. The first-order valence-corrected chi connectivity index (χ1v) is 10.7. The second kappa shape index (κ2) is 9.09. The molecule has 1 aromatic rings. The van der Waals surface area contributed by atoms with Crippen LogP contribution in [0.1, 0.15) is 39.3 Å². The summed E-state index contributed by atoms with van der Waals surface area (Å²) >= 11 is 11.9. The van der Waals surface area contributed by atoms with E-state index in [1.54, 1.807) is 27.0 Å². The van der Waals surface area contributed by atoms with Crippen molar-refractivity contribution < 1.29 is 23.0 Å². The van der Waals surface area contributed by atoms with Gasteiger partial charge in [0, 0.05) is 23.2 Å². The number of thioether (sulfide) groups is 1. The predicted octanol–water partition coefficient (Wildman–Crippen LogP) is 5.16. The monoisotopic (exact) mass is 452 g/mol. The maximum Gasteiger partial charge on any atom is 0.407 e. The van der Waals surface area contributed by atoms with Crippen LogP contribution in [0.5, 0.6) is 0 Å². The third kappa shape index (κ3) is 6.15. The summed E-state index contributed by atoms with van der Waals surface area (Å²) in [5.41, 5.74) is -1.10. The van der Waals surface area contributed by atoms with Crippen LogP contribution in [0.2, 0.25) is 5.02 Å². The molecule has 5 nitrogen and oxygen atoms in total. The lowest BCUT2D eigenvalue weighted by molar-refractivity contribution is -0.146. The lowest BCUT2D eigenvalue weighted by Gasteiger charge is -2.42. The Balaban J connectivity index is 2.09. The zero-order valence-electron chi connectivity index (χ0n) is 16.0. The first kappa shape index (κ1) is 23.1. The van der Waals surface area contributed by atoms with E-state index in [1.165, 1.54) is 12.3 Å². The van der Waals surface area contributed by atoms with Crippen molar-refractivity contribution in [3.63, 3.8) is 0 Å². The number of hydrogen-bond acceptors (Lipinski definition) is 6. The number of alkyl carbamates (subject to hydrolysis) is 1. The molecule has 0 saturated heterocycles. The molecule has 0 aromatic carbocycles. The van der Waals surface area contributed by atoms with E-state index in [0.717, 1.165) is 17.8 Å². The fourth-order valence-electron chi connectivity index (χ4n) is 2.85. The highest BCUT2D eigenvalue weighted by Gasteiger charge is 2.53. The Bertz CT molecular complexity index is 725. The van der Waals surface area contributed by atoms with Gasteiger partial charge in [0.1, 0.15) is 11.3 Å². The standard InChI is InChI=1S/C18H23ClF2N2O3S2/c1-17(2,3)26-15(24)23-12-7-10(8-12)14(25-16(27)28-4)18(20,21)13-9-11(19)5-6-22-13/h5-6,9-10,12,14H,7-8H2,1-4H3,(H,23,24)/t10?,12?,14-/m1/s1. The number of nitrogens with one attached hydrogen (secondary N) is 1. The largest absolute Gasteiger partial charge is 0.468 e. The van der Waals surface area contributed by atoms with E-state index in [9.17, 15) is 4.79 Å². The smallest absolute Gasteiger partial charge is 0.407 e. The summed E-state index contributed by atoms with van der Waals surface area (Å²) in [4.78, 5) is 15.6. The van der Waals surface area contributed by atoms with Gasteiger partial charge >= 0.3 is 12.0 Å². The van der Waals surface area contributed by atoms with Crippen LogP contribution in [-0.4, -0.2) is 39.5 Å². The van der Waals surface area contributed by atoms with Crippen LogP contribution < -0.4 is 5.32 Å². The van der Waals surface area contributed by atoms with Crippen molar-refractivity contribution in [3.8, 4) is 0 Å². The van der Waals surface area contributed by atoms with Gasteiger partial charge < -0.3 is 14.8 Å². The van der Waals surface area contributed by atoms with Crippen molar-refractivity contribution in [3.05, 3.63) is 29.0 Å². The number of aromatic nitrogens is 1. The van der Waals surface area contributed by atoms with Crippen LogP contribution in [0.15, 0.2) is 18.3 Å². The van der Waals surface area contributed by atoms with Gasteiger partial charge in [-0.25, -0.2) is 4.79 Å². The molecule has 1 atom stereocenters. The average Bonchev–Trinajstić information content (AvgIpc) is 2.54. The van der Waals surface area contributed by atoms with E-state index in [4.69, 9.17) is 33.3 Å². The zero-order valence-corrected chi connectivity index (χ0v) is 18.4. The van der Waals surface area contributed by atoms with E-state index in [1.807, 2.05) is 0 Å². The van der Waals surface area contributed by atoms with Crippen molar-refractivity contribution in [2.75, 3.05) is 6.26 Å². The van der Waals surface area contributed by atoms with E-state index in [2.05, 4.69) is 10.3 Å². The van der Waals surface area contributed by atoms with E-state index < -0.39 is 35.3 Å². The van der Waals surface area contributed by atoms with Gasteiger partial charge in [0.2, 0.25) is 4.38 Å². The van der Waals surface area contributed by atoms with Gasteiger partial charge in [-0.15, -0.1) is 0 Å². The van der Waals surface area contributed by atoms with E-state index >= 15 is 8.78 Å². The maximum absolute atomic E-state index is 15.2. The van der Waals surface area contributed by atoms with Gasteiger partial charge in [0.05, 0.1) is 0 Å². The second-order valence-electron chi connectivity index (χ2n) is 7.55. The summed E-state index contributed by atoms with van der Waals surface area (Å²) in [6, 6.07) is 2.28.